The zero-order valence-electron chi connectivity index (χ0n) is 15.1. The molecule has 9 nitrogen and oxygen atoms in total. The zero-order chi connectivity index (χ0) is 20.2. The minimum atomic E-state index is -3.82. The Bertz CT molecular complexity index is 1250. The predicted octanol–water partition coefficient (Wildman–Crippen LogP) is 1.21. The molecule has 2 aromatic heterocycles. The lowest BCUT2D eigenvalue weighted by Gasteiger charge is -2.23. The van der Waals surface area contributed by atoms with Gasteiger partial charge in [-0.1, -0.05) is 0 Å². The summed E-state index contributed by atoms with van der Waals surface area (Å²) in [5.41, 5.74) is 5.74. The topological polar surface area (TPSA) is 149 Å². The summed E-state index contributed by atoms with van der Waals surface area (Å²) in [6.45, 7) is 1.95. The number of rotatable bonds is 6. The highest BCUT2D eigenvalue weighted by Crippen LogP contribution is 2.34. The van der Waals surface area contributed by atoms with Crippen LogP contribution in [0.25, 0.3) is 21.8 Å². The summed E-state index contributed by atoms with van der Waals surface area (Å²) in [6.07, 6.45) is 2.81. The molecule has 0 spiro atoms. The molecule has 1 aliphatic carbocycles. The van der Waals surface area contributed by atoms with E-state index in [-0.39, 0.29) is 40.0 Å². The van der Waals surface area contributed by atoms with E-state index in [1.807, 2.05) is 0 Å². The van der Waals surface area contributed by atoms with Crippen molar-refractivity contribution in [1.29, 1.82) is 0 Å². The fraction of sp³-hybridized carbons (Fsp3) is 0.333. The van der Waals surface area contributed by atoms with E-state index in [0.717, 1.165) is 12.8 Å². The van der Waals surface area contributed by atoms with Crippen LogP contribution in [0.1, 0.15) is 30.1 Å². The van der Waals surface area contributed by atoms with Crippen molar-refractivity contribution in [3.8, 4) is 0 Å². The van der Waals surface area contributed by atoms with Gasteiger partial charge >= 0.3 is 5.97 Å². The molecular formula is C18H20N4O5S. The van der Waals surface area contributed by atoms with E-state index < -0.39 is 21.6 Å². The largest absolute Gasteiger partial charge is 0.478 e. The molecular weight excluding hydrogens is 384 g/mol. The van der Waals surface area contributed by atoms with E-state index >= 15 is 0 Å². The fourth-order valence-corrected chi connectivity index (χ4v) is 5.27. The molecule has 1 aromatic carbocycles. The standard InChI is InChI=1S/C18H20N4O5S/c1-9(19)8-22(10-2-3-10)28(26,27)11-4-5-14-12(6-11)15-13(18(24)25)7-20-16(15)17(23)21-14/h4-7,9-10,20H,2-3,8,19H2,1H3,(H,21,23)(H,24,25)/t9-/m0/s1. The number of pyridine rings is 1. The Morgan fingerprint density at radius 2 is 2.11 bits per heavy atom. The number of fused-ring (bicyclic) bond motifs is 3. The number of aromatic amines is 2. The maximum atomic E-state index is 13.2. The van der Waals surface area contributed by atoms with Crippen molar-refractivity contribution in [2.45, 2.75) is 36.7 Å². The first-order chi connectivity index (χ1) is 13.2. The van der Waals surface area contributed by atoms with Gasteiger partial charge in [0.05, 0.1) is 10.5 Å². The minimum absolute atomic E-state index is 0.0402. The summed E-state index contributed by atoms with van der Waals surface area (Å²) in [5, 5.41) is 9.99. The lowest BCUT2D eigenvalue weighted by atomic mass is 10.1. The molecule has 0 unspecified atom stereocenters. The summed E-state index contributed by atoms with van der Waals surface area (Å²) >= 11 is 0. The first-order valence-corrected chi connectivity index (χ1v) is 10.3. The van der Waals surface area contributed by atoms with Crippen LogP contribution in [0.2, 0.25) is 0 Å². The van der Waals surface area contributed by atoms with Crippen molar-refractivity contribution >= 4 is 37.8 Å². The number of hydrogen-bond donors (Lipinski definition) is 4. The number of carboxylic acids is 1. The Morgan fingerprint density at radius 3 is 2.71 bits per heavy atom. The summed E-state index contributed by atoms with van der Waals surface area (Å²) in [6, 6.07) is 3.94. The molecule has 0 aliphatic heterocycles. The van der Waals surface area contributed by atoms with Crippen molar-refractivity contribution in [3.05, 3.63) is 40.3 Å². The van der Waals surface area contributed by atoms with Crippen LogP contribution in [0.4, 0.5) is 0 Å². The van der Waals surface area contributed by atoms with E-state index in [1.54, 1.807) is 6.92 Å². The van der Waals surface area contributed by atoms with E-state index in [9.17, 15) is 23.1 Å². The third kappa shape index (κ3) is 2.99. The van der Waals surface area contributed by atoms with Crippen LogP contribution in [0, 0.1) is 0 Å². The number of nitrogens with zero attached hydrogens (tertiary/aromatic N) is 1. The average molecular weight is 404 g/mol. The smallest absolute Gasteiger partial charge is 0.337 e. The lowest BCUT2D eigenvalue weighted by Crippen LogP contribution is -2.41. The van der Waals surface area contributed by atoms with Gasteiger partial charge in [-0.2, -0.15) is 4.31 Å². The number of nitrogens with two attached hydrogens (primary N) is 1. The number of aromatic carboxylic acids is 1. The molecule has 1 aliphatic rings. The van der Waals surface area contributed by atoms with Crippen LogP contribution < -0.4 is 11.3 Å². The van der Waals surface area contributed by atoms with Gasteiger partial charge in [-0.15, -0.1) is 0 Å². The van der Waals surface area contributed by atoms with E-state index in [4.69, 9.17) is 5.73 Å². The van der Waals surface area contributed by atoms with E-state index in [1.165, 1.54) is 28.7 Å². The second-order valence-corrected chi connectivity index (χ2v) is 9.09. The molecule has 2 heterocycles. The maximum Gasteiger partial charge on any atom is 0.337 e. The number of nitrogens with one attached hydrogen (secondary N) is 2. The number of carbonyl (C=O) groups is 1. The Hall–Kier alpha value is -2.69. The highest BCUT2D eigenvalue weighted by atomic mass is 32.2. The lowest BCUT2D eigenvalue weighted by molar-refractivity contribution is 0.0699. The third-order valence-corrected chi connectivity index (χ3v) is 6.79. The second-order valence-electron chi connectivity index (χ2n) is 7.20. The van der Waals surface area contributed by atoms with Crippen LogP contribution in [0.15, 0.2) is 34.1 Å². The van der Waals surface area contributed by atoms with Gasteiger partial charge in [-0.3, -0.25) is 4.79 Å². The first-order valence-electron chi connectivity index (χ1n) is 8.88. The quantitative estimate of drug-likeness (QED) is 0.485. The number of H-pyrrole nitrogens is 2. The first kappa shape index (κ1) is 18.7. The summed E-state index contributed by atoms with van der Waals surface area (Å²) in [4.78, 5) is 29.1. The van der Waals surface area contributed by atoms with Crippen molar-refractivity contribution in [2.24, 2.45) is 5.73 Å². The highest BCUT2D eigenvalue weighted by Gasteiger charge is 2.38. The van der Waals surface area contributed by atoms with Crippen molar-refractivity contribution < 1.29 is 18.3 Å². The SMILES string of the molecule is C[C@H](N)CN(C1CC1)S(=O)(=O)c1ccc2[nH]c(=O)c3[nH]cc(C(=O)O)c3c2c1. The molecule has 1 fully saturated rings. The Kier molecular flexibility index (Phi) is 4.29. The molecule has 10 heteroatoms. The molecule has 148 valence electrons. The molecule has 0 radical (unpaired) electrons. The van der Waals surface area contributed by atoms with Crippen LogP contribution >= 0.6 is 0 Å². The van der Waals surface area contributed by atoms with Gasteiger partial charge < -0.3 is 20.8 Å². The van der Waals surface area contributed by atoms with Gasteiger partial charge in [-0.05, 0) is 38.0 Å². The number of benzene rings is 1. The maximum absolute atomic E-state index is 13.2. The van der Waals surface area contributed by atoms with Crippen LogP contribution in [0.5, 0.6) is 0 Å². The Morgan fingerprint density at radius 1 is 1.39 bits per heavy atom. The summed E-state index contributed by atoms with van der Waals surface area (Å²) < 4.78 is 27.9. The molecule has 28 heavy (non-hydrogen) atoms. The van der Waals surface area contributed by atoms with E-state index in [0.29, 0.717) is 10.9 Å². The fourth-order valence-electron chi connectivity index (χ4n) is 3.46. The summed E-state index contributed by atoms with van der Waals surface area (Å²) in [5.74, 6) is -1.21. The van der Waals surface area contributed by atoms with Gasteiger partial charge in [-0.25, -0.2) is 13.2 Å². The monoisotopic (exact) mass is 404 g/mol. The van der Waals surface area contributed by atoms with Crippen molar-refractivity contribution in [3.63, 3.8) is 0 Å². The molecule has 4 rings (SSSR count). The van der Waals surface area contributed by atoms with Crippen LogP contribution in [-0.2, 0) is 10.0 Å². The van der Waals surface area contributed by atoms with Crippen molar-refractivity contribution in [1.82, 2.24) is 14.3 Å². The number of hydrogen-bond acceptors (Lipinski definition) is 5. The predicted molar refractivity (Wildman–Crippen MR) is 104 cm³/mol. The number of carboxylic acid groups (broad SMARTS) is 1. The third-order valence-electron chi connectivity index (χ3n) is 4.87. The normalized spacial score (nSPS) is 16.1. The molecule has 0 bridgehead atoms. The van der Waals surface area contributed by atoms with E-state index in [2.05, 4.69) is 9.97 Å². The second kappa shape index (κ2) is 6.43. The highest BCUT2D eigenvalue weighted by molar-refractivity contribution is 7.89. The molecule has 1 atom stereocenters. The minimum Gasteiger partial charge on any atom is -0.478 e. The van der Waals surface area contributed by atoms with Gasteiger partial charge in [0, 0.05) is 41.1 Å². The van der Waals surface area contributed by atoms with Crippen LogP contribution in [-0.4, -0.2) is 52.4 Å². The van der Waals surface area contributed by atoms with Crippen LogP contribution in [0.3, 0.4) is 0 Å². The van der Waals surface area contributed by atoms with Crippen molar-refractivity contribution in [2.75, 3.05) is 6.54 Å². The van der Waals surface area contributed by atoms with Gasteiger partial charge in [0.2, 0.25) is 10.0 Å². The molecule has 0 saturated heterocycles. The Labute approximate surface area is 160 Å². The summed E-state index contributed by atoms with van der Waals surface area (Å²) in [7, 11) is -3.82. The molecule has 5 N–H and O–H groups in total. The molecule has 1 saturated carbocycles. The molecule has 0 amide bonds. The Balaban J connectivity index is 1.95. The van der Waals surface area contributed by atoms with Gasteiger partial charge in [0.1, 0.15) is 5.52 Å². The molecule has 3 aromatic rings. The zero-order valence-corrected chi connectivity index (χ0v) is 15.9. The number of aromatic nitrogens is 2. The van der Waals surface area contributed by atoms with Gasteiger partial charge in [0.25, 0.3) is 5.56 Å². The number of sulfonamides is 1. The average Bonchev–Trinajstić information content (AvgIpc) is 3.35. The van der Waals surface area contributed by atoms with Gasteiger partial charge in [0.15, 0.2) is 0 Å².